The maximum Gasteiger partial charge on any atom is 0.306 e. The number of hydrogen-bond acceptors (Lipinski definition) is 5. The topological polar surface area (TPSA) is 72.8 Å². The van der Waals surface area contributed by atoms with Gasteiger partial charge in [-0.3, -0.25) is 9.59 Å². The minimum Gasteiger partial charge on any atom is -0.462 e. The fraction of sp³-hybridized carbons (Fsp3) is 0.923. The Hall–Kier alpha value is -1.62. The highest BCUT2D eigenvalue weighted by molar-refractivity contribution is 5.70. The molecule has 0 aliphatic rings. The second-order valence-electron chi connectivity index (χ2n) is 26.4. The number of esters is 2. The maximum atomic E-state index is 12.4. The summed E-state index contributed by atoms with van der Waals surface area (Å²) in [4.78, 5) is 24.7. The highest BCUT2D eigenvalue weighted by atomic mass is 16.6. The number of rotatable bonds is 73. The average molecular weight is 1170 g/mol. The van der Waals surface area contributed by atoms with Gasteiger partial charge in [0, 0.05) is 12.8 Å². The Morgan fingerprint density at radius 3 is 0.711 bits per heavy atom. The van der Waals surface area contributed by atoms with Crippen molar-refractivity contribution in [1.82, 2.24) is 0 Å². The predicted octanol–water partition coefficient (Wildman–Crippen LogP) is 26.7. The molecular formula is C78H150O5. The van der Waals surface area contributed by atoms with Gasteiger partial charge in [-0.25, -0.2) is 0 Å². The van der Waals surface area contributed by atoms with Crippen LogP contribution in [-0.4, -0.2) is 36.4 Å². The summed E-state index contributed by atoms with van der Waals surface area (Å²) < 4.78 is 10.8. The molecule has 1 atom stereocenters. The molecule has 0 rings (SSSR count). The van der Waals surface area contributed by atoms with Gasteiger partial charge < -0.3 is 14.6 Å². The Balaban J connectivity index is 3.34. The highest BCUT2D eigenvalue weighted by Gasteiger charge is 2.16. The van der Waals surface area contributed by atoms with Gasteiger partial charge >= 0.3 is 11.9 Å². The van der Waals surface area contributed by atoms with Crippen LogP contribution in [0.15, 0.2) is 24.3 Å². The van der Waals surface area contributed by atoms with Crippen molar-refractivity contribution in [3.8, 4) is 0 Å². The van der Waals surface area contributed by atoms with E-state index in [9.17, 15) is 14.7 Å². The van der Waals surface area contributed by atoms with E-state index in [1.54, 1.807) is 0 Å². The Bertz CT molecular complexity index is 1280. The largest absolute Gasteiger partial charge is 0.462 e. The molecule has 0 saturated carbocycles. The molecule has 0 amide bonds. The molecule has 0 aromatic rings. The Morgan fingerprint density at radius 1 is 0.277 bits per heavy atom. The van der Waals surface area contributed by atoms with Crippen LogP contribution in [0.4, 0.5) is 0 Å². The van der Waals surface area contributed by atoms with E-state index in [2.05, 4.69) is 38.2 Å². The normalized spacial score (nSPS) is 12.2. The summed E-state index contributed by atoms with van der Waals surface area (Å²) in [6, 6.07) is 0. The first-order valence-electron chi connectivity index (χ1n) is 38.4. The quantitative estimate of drug-likeness (QED) is 0.0373. The van der Waals surface area contributed by atoms with Crippen molar-refractivity contribution in [2.24, 2.45) is 0 Å². The average Bonchev–Trinajstić information content (AvgIpc) is 3.49. The van der Waals surface area contributed by atoms with E-state index in [-0.39, 0.29) is 25.2 Å². The summed E-state index contributed by atoms with van der Waals surface area (Å²) in [6.45, 7) is 4.21. The van der Waals surface area contributed by atoms with Gasteiger partial charge in [0.05, 0.1) is 6.61 Å². The predicted molar refractivity (Wildman–Crippen MR) is 367 cm³/mol. The SMILES string of the molecule is CCCCCCC/C=C\C/C=C\CCCCCCCCCCCCCCCCCCCCCCCCCCCCCCCC(=O)OC(CO)COC(=O)CCCCCCCCCCCCCCCCCCCCCCCCCCCCCC. The van der Waals surface area contributed by atoms with Crippen LogP contribution in [0, 0.1) is 0 Å². The fourth-order valence-electron chi connectivity index (χ4n) is 12.2. The summed E-state index contributed by atoms with van der Waals surface area (Å²) in [5.41, 5.74) is 0. The molecule has 5 nitrogen and oxygen atoms in total. The van der Waals surface area contributed by atoms with Gasteiger partial charge in [0.25, 0.3) is 0 Å². The first-order valence-corrected chi connectivity index (χ1v) is 38.4. The molecule has 492 valence electrons. The molecule has 0 spiro atoms. The van der Waals surface area contributed by atoms with E-state index in [0.29, 0.717) is 12.8 Å². The number of unbranched alkanes of at least 4 members (excludes halogenated alkanes) is 61. The zero-order valence-corrected chi connectivity index (χ0v) is 56.8. The Labute approximate surface area is 521 Å². The number of hydrogen-bond donors (Lipinski definition) is 1. The van der Waals surface area contributed by atoms with Crippen molar-refractivity contribution in [2.45, 2.75) is 450 Å². The minimum absolute atomic E-state index is 0.0566. The molecule has 0 aliphatic carbocycles. The molecule has 0 aromatic heterocycles. The van der Waals surface area contributed by atoms with Crippen LogP contribution < -0.4 is 0 Å². The first-order chi connectivity index (χ1) is 41.1. The standard InChI is InChI=1S/C78H150O5/c1-3-5-7-9-11-13-15-17-19-21-23-25-27-29-31-33-34-35-36-37-38-39-40-41-42-43-44-45-47-49-51-53-55-57-59-61-63-65-67-69-71-73-78(81)83-76(74-79)75-82-77(80)72-70-68-66-64-62-60-58-56-54-52-50-48-46-32-30-28-26-24-22-20-18-16-14-12-10-8-6-4-2/h15,17,21,23,76,79H,3-14,16,18-20,22,24-75H2,1-2H3/b17-15-,23-21-. The van der Waals surface area contributed by atoms with E-state index >= 15 is 0 Å². The number of aliphatic hydroxyl groups excluding tert-OH is 1. The molecule has 0 radical (unpaired) electrons. The fourth-order valence-corrected chi connectivity index (χ4v) is 12.2. The summed E-state index contributed by atoms with van der Waals surface area (Å²) in [7, 11) is 0. The van der Waals surface area contributed by atoms with Crippen LogP contribution in [0.2, 0.25) is 0 Å². The molecule has 0 aromatic carbocycles. The van der Waals surface area contributed by atoms with Crippen LogP contribution in [0.25, 0.3) is 0 Å². The summed E-state index contributed by atoms with van der Waals surface area (Å²) in [5.74, 6) is -0.559. The number of ether oxygens (including phenoxy) is 2. The van der Waals surface area contributed by atoms with E-state index in [1.165, 1.54) is 379 Å². The maximum absolute atomic E-state index is 12.4. The second-order valence-corrected chi connectivity index (χ2v) is 26.4. The van der Waals surface area contributed by atoms with E-state index < -0.39 is 6.10 Å². The third-order valence-electron chi connectivity index (χ3n) is 18.0. The summed E-state index contributed by atoms with van der Waals surface area (Å²) in [5, 5.41) is 9.72. The molecule has 83 heavy (non-hydrogen) atoms. The molecule has 5 heteroatoms. The lowest BCUT2D eigenvalue weighted by Crippen LogP contribution is -2.28. The van der Waals surface area contributed by atoms with Gasteiger partial charge in [-0.05, 0) is 44.9 Å². The van der Waals surface area contributed by atoms with Crippen molar-refractivity contribution in [2.75, 3.05) is 13.2 Å². The number of allylic oxidation sites excluding steroid dienone is 4. The lowest BCUT2D eigenvalue weighted by Gasteiger charge is -2.15. The molecular weight excluding hydrogens is 1020 g/mol. The second kappa shape index (κ2) is 74.6. The van der Waals surface area contributed by atoms with Crippen LogP contribution in [0.3, 0.4) is 0 Å². The Morgan fingerprint density at radius 2 is 0.482 bits per heavy atom. The molecule has 0 aliphatic heterocycles. The molecule has 0 saturated heterocycles. The van der Waals surface area contributed by atoms with Crippen molar-refractivity contribution in [3.63, 3.8) is 0 Å². The monoisotopic (exact) mass is 1170 g/mol. The van der Waals surface area contributed by atoms with E-state index in [4.69, 9.17) is 9.47 Å². The van der Waals surface area contributed by atoms with Crippen molar-refractivity contribution < 1.29 is 24.2 Å². The molecule has 0 bridgehead atoms. The van der Waals surface area contributed by atoms with Crippen LogP contribution in [0.5, 0.6) is 0 Å². The smallest absolute Gasteiger partial charge is 0.306 e. The number of aliphatic hydroxyl groups is 1. The lowest BCUT2D eigenvalue weighted by atomic mass is 10.0. The highest BCUT2D eigenvalue weighted by Crippen LogP contribution is 2.20. The van der Waals surface area contributed by atoms with E-state index in [0.717, 1.165) is 38.5 Å². The van der Waals surface area contributed by atoms with Gasteiger partial charge in [0.15, 0.2) is 6.10 Å². The molecule has 0 fully saturated rings. The Kier molecular flexibility index (Phi) is 73.2. The van der Waals surface area contributed by atoms with Gasteiger partial charge in [-0.15, -0.1) is 0 Å². The minimum atomic E-state index is -0.768. The number of carbonyl (C=O) groups excluding carboxylic acids is 2. The van der Waals surface area contributed by atoms with Gasteiger partial charge in [-0.2, -0.15) is 0 Å². The van der Waals surface area contributed by atoms with Crippen molar-refractivity contribution >= 4 is 11.9 Å². The van der Waals surface area contributed by atoms with Crippen LogP contribution in [0.1, 0.15) is 444 Å². The third kappa shape index (κ3) is 72.8. The van der Waals surface area contributed by atoms with Crippen molar-refractivity contribution in [3.05, 3.63) is 24.3 Å². The van der Waals surface area contributed by atoms with E-state index in [1.807, 2.05) is 0 Å². The van der Waals surface area contributed by atoms with Crippen LogP contribution in [-0.2, 0) is 19.1 Å². The van der Waals surface area contributed by atoms with Crippen LogP contribution >= 0.6 is 0 Å². The molecule has 0 heterocycles. The zero-order chi connectivity index (χ0) is 59.8. The zero-order valence-electron chi connectivity index (χ0n) is 56.8. The third-order valence-corrected chi connectivity index (χ3v) is 18.0. The molecule has 1 unspecified atom stereocenters. The van der Waals surface area contributed by atoms with Crippen molar-refractivity contribution in [1.29, 1.82) is 0 Å². The number of carbonyl (C=O) groups is 2. The summed E-state index contributed by atoms with van der Waals surface area (Å²) in [6.07, 6.45) is 98.3. The van der Waals surface area contributed by atoms with Gasteiger partial charge in [0.2, 0.25) is 0 Å². The molecule has 1 N–H and O–H groups in total. The lowest BCUT2D eigenvalue weighted by molar-refractivity contribution is -0.161. The first kappa shape index (κ1) is 81.4. The van der Waals surface area contributed by atoms with Gasteiger partial charge in [-0.1, -0.05) is 411 Å². The summed E-state index contributed by atoms with van der Waals surface area (Å²) >= 11 is 0. The van der Waals surface area contributed by atoms with Gasteiger partial charge in [0.1, 0.15) is 6.61 Å².